The first-order chi connectivity index (χ1) is 9.79. The number of nitrogens with zero attached hydrogens (tertiary/aromatic N) is 1. The molecule has 20 heavy (non-hydrogen) atoms. The lowest BCUT2D eigenvalue weighted by atomic mass is 9.76. The van der Waals surface area contributed by atoms with Crippen molar-refractivity contribution >= 4 is 12.6 Å². The number of hydrogen-bond acceptors (Lipinski definition) is 4. The summed E-state index contributed by atoms with van der Waals surface area (Å²) < 4.78 is 10.8. The number of fused-ring (bicyclic) bond motifs is 1. The summed E-state index contributed by atoms with van der Waals surface area (Å²) in [5, 5.41) is 19.1. The number of ether oxygens (including phenoxy) is 1. The van der Waals surface area contributed by atoms with Crippen LogP contribution >= 0.6 is 0 Å². The first kappa shape index (κ1) is 12.7. The fourth-order valence-corrected chi connectivity index (χ4v) is 2.27. The van der Waals surface area contributed by atoms with E-state index in [1.54, 1.807) is 6.07 Å². The molecule has 0 unspecified atom stereocenters. The van der Waals surface area contributed by atoms with Gasteiger partial charge in [-0.05, 0) is 17.2 Å². The topological polar surface area (TPSA) is 62.5 Å². The molecular weight excluding hydrogens is 253 g/mol. The van der Waals surface area contributed by atoms with Crippen LogP contribution in [0.3, 0.4) is 0 Å². The minimum absolute atomic E-state index is 0.324. The fraction of sp³-hybridized carbons (Fsp3) is 0.133. The van der Waals surface area contributed by atoms with Crippen molar-refractivity contribution < 1.29 is 14.4 Å². The fourth-order valence-electron chi connectivity index (χ4n) is 2.27. The van der Waals surface area contributed by atoms with Crippen LogP contribution in [0.15, 0.2) is 42.5 Å². The van der Waals surface area contributed by atoms with Crippen LogP contribution in [0.25, 0.3) is 0 Å². The number of rotatable bonds is 3. The van der Waals surface area contributed by atoms with E-state index in [4.69, 9.17) is 9.39 Å². The van der Waals surface area contributed by atoms with Crippen molar-refractivity contribution in [2.45, 2.75) is 13.2 Å². The van der Waals surface area contributed by atoms with Crippen molar-refractivity contribution in [2.24, 2.45) is 0 Å². The lowest BCUT2D eigenvalue weighted by Gasteiger charge is -2.10. The standard InChI is InChI=1S/C15H12BNO3/c17-8-13-14(19-9-11-4-2-1-3-5-11)7-6-12-10-20-16(18)15(12)13/h1-7,18H,9-10H2. The van der Waals surface area contributed by atoms with Gasteiger partial charge in [-0.15, -0.1) is 0 Å². The van der Waals surface area contributed by atoms with Gasteiger partial charge < -0.3 is 14.4 Å². The van der Waals surface area contributed by atoms with E-state index in [2.05, 4.69) is 6.07 Å². The molecule has 1 heterocycles. The minimum Gasteiger partial charge on any atom is -0.488 e. The summed E-state index contributed by atoms with van der Waals surface area (Å²) in [4.78, 5) is 0. The van der Waals surface area contributed by atoms with Gasteiger partial charge in [-0.3, -0.25) is 0 Å². The van der Waals surface area contributed by atoms with Crippen molar-refractivity contribution in [1.29, 1.82) is 5.26 Å². The molecule has 0 saturated heterocycles. The van der Waals surface area contributed by atoms with Gasteiger partial charge in [0.15, 0.2) is 0 Å². The van der Waals surface area contributed by atoms with Crippen molar-refractivity contribution in [1.82, 2.24) is 0 Å². The molecule has 98 valence electrons. The van der Waals surface area contributed by atoms with Crippen LogP contribution in [0.2, 0.25) is 0 Å². The predicted octanol–water partition coefficient (Wildman–Crippen LogP) is 1.35. The van der Waals surface area contributed by atoms with Gasteiger partial charge in [-0.25, -0.2) is 0 Å². The highest BCUT2D eigenvalue weighted by atomic mass is 16.5. The Kier molecular flexibility index (Phi) is 3.42. The highest BCUT2D eigenvalue weighted by Crippen LogP contribution is 2.23. The van der Waals surface area contributed by atoms with Crippen molar-refractivity contribution in [3.05, 3.63) is 59.2 Å². The summed E-state index contributed by atoms with van der Waals surface area (Å²) in [6.07, 6.45) is 0. The Morgan fingerprint density at radius 2 is 2.05 bits per heavy atom. The maximum Gasteiger partial charge on any atom is 0.493 e. The van der Waals surface area contributed by atoms with Crippen LogP contribution in [0, 0.1) is 11.3 Å². The Hall–Kier alpha value is -2.29. The van der Waals surface area contributed by atoms with Crippen LogP contribution in [0.1, 0.15) is 16.7 Å². The van der Waals surface area contributed by atoms with Gasteiger partial charge in [0.2, 0.25) is 0 Å². The molecule has 0 saturated carbocycles. The normalized spacial score (nSPS) is 12.9. The zero-order valence-corrected chi connectivity index (χ0v) is 10.7. The second kappa shape index (κ2) is 5.37. The molecule has 0 aliphatic carbocycles. The summed E-state index contributed by atoms with van der Waals surface area (Å²) in [6, 6.07) is 15.4. The average Bonchev–Trinajstić information content (AvgIpc) is 2.87. The van der Waals surface area contributed by atoms with E-state index < -0.39 is 7.12 Å². The molecular formula is C15H12BNO3. The highest BCUT2D eigenvalue weighted by Gasteiger charge is 2.32. The number of nitriles is 1. The monoisotopic (exact) mass is 265 g/mol. The molecule has 0 bridgehead atoms. The first-order valence-corrected chi connectivity index (χ1v) is 6.32. The van der Waals surface area contributed by atoms with E-state index in [1.807, 2.05) is 36.4 Å². The van der Waals surface area contributed by atoms with E-state index in [1.165, 1.54) is 0 Å². The van der Waals surface area contributed by atoms with Gasteiger partial charge in [0.25, 0.3) is 0 Å². The number of benzene rings is 2. The molecule has 2 aromatic carbocycles. The van der Waals surface area contributed by atoms with E-state index in [9.17, 15) is 10.3 Å². The van der Waals surface area contributed by atoms with Gasteiger partial charge >= 0.3 is 7.12 Å². The Labute approximate surface area is 117 Å². The van der Waals surface area contributed by atoms with Crippen LogP contribution in [0.4, 0.5) is 0 Å². The lowest BCUT2D eigenvalue weighted by Crippen LogP contribution is -2.31. The third kappa shape index (κ3) is 2.27. The highest BCUT2D eigenvalue weighted by molar-refractivity contribution is 6.62. The molecule has 1 N–H and O–H groups in total. The molecule has 0 spiro atoms. The minimum atomic E-state index is -1.04. The molecule has 0 atom stereocenters. The van der Waals surface area contributed by atoms with Gasteiger partial charge in [-0.1, -0.05) is 36.4 Å². The smallest absolute Gasteiger partial charge is 0.488 e. The SMILES string of the molecule is N#Cc1c(OCc2ccccc2)ccc2c1B(O)OC2. The Balaban J connectivity index is 1.88. The van der Waals surface area contributed by atoms with Gasteiger partial charge in [0.05, 0.1) is 12.2 Å². The Bertz CT molecular complexity index is 667. The molecule has 4 nitrogen and oxygen atoms in total. The van der Waals surface area contributed by atoms with E-state index in [0.717, 1.165) is 11.1 Å². The molecule has 0 radical (unpaired) electrons. The molecule has 0 aromatic heterocycles. The lowest BCUT2D eigenvalue weighted by molar-refractivity contribution is 0.275. The second-order valence-electron chi connectivity index (χ2n) is 4.56. The summed E-state index contributed by atoms with van der Waals surface area (Å²) in [5.74, 6) is 0.472. The first-order valence-electron chi connectivity index (χ1n) is 6.32. The average molecular weight is 265 g/mol. The molecule has 5 heteroatoms. The Morgan fingerprint density at radius 1 is 1.25 bits per heavy atom. The summed E-state index contributed by atoms with van der Waals surface area (Å²) in [6.45, 7) is 0.704. The molecule has 0 amide bonds. The van der Waals surface area contributed by atoms with Crippen molar-refractivity contribution in [3.8, 4) is 11.8 Å². The summed E-state index contributed by atoms with van der Waals surface area (Å²) >= 11 is 0. The van der Waals surface area contributed by atoms with E-state index in [0.29, 0.717) is 30.0 Å². The van der Waals surface area contributed by atoms with E-state index >= 15 is 0 Å². The predicted molar refractivity (Wildman–Crippen MR) is 74.3 cm³/mol. The molecule has 1 aliphatic rings. The molecule has 2 aromatic rings. The third-order valence-electron chi connectivity index (χ3n) is 3.29. The zero-order valence-electron chi connectivity index (χ0n) is 10.7. The van der Waals surface area contributed by atoms with Crippen molar-refractivity contribution in [2.75, 3.05) is 0 Å². The third-order valence-corrected chi connectivity index (χ3v) is 3.29. The Morgan fingerprint density at radius 3 is 2.80 bits per heavy atom. The molecule has 3 rings (SSSR count). The zero-order chi connectivity index (χ0) is 13.9. The van der Waals surface area contributed by atoms with Gasteiger partial charge in [0, 0.05) is 5.46 Å². The van der Waals surface area contributed by atoms with Crippen LogP contribution < -0.4 is 10.2 Å². The maximum absolute atomic E-state index is 9.77. The quantitative estimate of drug-likeness (QED) is 0.851. The van der Waals surface area contributed by atoms with Gasteiger partial charge in [-0.2, -0.15) is 5.26 Å². The molecule has 1 aliphatic heterocycles. The summed E-state index contributed by atoms with van der Waals surface area (Å²) in [7, 11) is -1.04. The van der Waals surface area contributed by atoms with Crippen LogP contribution in [0.5, 0.6) is 5.75 Å². The number of hydrogen-bond donors (Lipinski definition) is 1. The van der Waals surface area contributed by atoms with Crippen LogP contribution in [-0.4, -0.2) is 12.1 Å². The largest absolute Gasteiger partial charge is 0.493 e. The van der Waals surface area contributed by atoms with Crippen molar-refractivity contribution in [3.63, 3.8) is 0 Å². The van der Waals surface area contributed by atoms with Gasteiger partial charge in [0.1, 0.15) is 18.4 Å². The maximum atomic E-state index is 9.77. The van der Waals surface area contributed by atoms with Crippen LogP contribution in [-0.2, 0) is 17.9 Å². The second-order valence-corrected chi connectivity index (χ2v) is 4.56. The summed E-state index contributed by atoms with van der Waals surface area (Å²) in [5.41, 5.74) is 2.73. The molecule has 0 fully saturated rings. The van der Waals surface area contributed by atoms with E-state index in [-0.39, 0.29) is 0 Å².